The molecule has 0 fully saturated rings. The quantitative estimate of drug-likeness (QED) is 0.594. The van der Waals surface area contributed by atoms with Crippen LogP contribution in [0.4, 0.5) is 0 Å². The van der Waals surface area contributed by atoms with Crippen molar-refractivity contribution in [1.29, 1.82) is 0 Å². The van der Waals surface area contributed by atoms with E-state index in [4.69, 9.17) is 16.2 Å². The van der Waals surface area contributed by atoms with Gasteiger partial charge in [-0.3, -0.25) is 0 Å². The average molecular weight is 160 g/mol. The Kier molecular flexibility index (Phi) is 6.51. The molecule has 0 radical (unpaired) electrons. The van der Waals surface area contributed by atoms with E-state index in [1.54, 1.807) is 0 Å². The minimum atomic E-state index is 0.265. The lowest BCUT2D eigenvalue weighted by Crippen LogP contribution is -2.22. The molecule has 0 aromatic carbocycles. The van der Waals surface area contributed by atoms with Crippen LogP contribution in [-0.2, 0) is 4.74 Å². The van der Waals surface area contributed by atoms with Crippen LogP contribution in [-0.4, -0.2) is 25.3 Å². The molecule has 0 heterocycles. The molecule has 11 heavy (non-hydrogen) atoms. The summed E-state index contributed by atoms with van der Waals surface area (Å²) in [6.45, 7) is 5.47. The van der Waals surface area contributed by atoms with Crippen molar-refractivity contribution in [3.8, 4) is 0 Å². The van der Waals surface area contributed by atoms with Crippen molar-refractivity contribution in [2.75, 3.05) is 13.1 Å². The van der Waals surface area contributed by atoms with Crippen LogP contribution in [0.25, 0.3) is 0 Å². The van der Waals surface area contributed by atoms with Gasteiger partial charge in [0.25, 0.3) is 0 Å². The van der Waals surface area contributed by atoms with Gasteiger partial charge in [0.1, 0.15) is 0 Å². The predicted octanol–water partition coefficient (Wildman–Crippen LogP) is 0.478. The van der Waals surface area contributed by atoms with Gasteiger partial charge in [-0.25, -0.2) is 0 Å². The molecule has 0 bridgehead atoms. The van der Waals surface area contributed by atoms with Crippen molar-refractivity contribution in [2.24, 2.45) is 11.5 Å². The van der Waals surface area contributed by atoms with Crippen molar-refractivity contribution >= 4 is 0 Å². The number of rotatable bonds is 6. The Labute approximate surface area is 69.1 Å². The molecule has 2 unspecified atom stereocenters. The van der Waals surface area contributed by atoms with E-state index in [2.05, 4.69) is 0 Å². The Hall–Kier alpha value is -0.120. The maximum atomic E-state index is 5.57. The van der Waals surface area contributed by atoms with Crippen LogP contribution in [0.5, 0.6) is 0 Å². The molecule has 0 aliphatic heterocycles. The molecule has 0 aromatic rings. The molecule has 0 aromatic heterocycles. The topological polar surface area (TPSA) is 61.3 Å². The highest BCUT2D eigenvalue weighted by Gasteiger charge is 2.05. The molecule has 0 spiro atoms. The third-order valence-electron chi connectivity index (χ3n) is 1.61. The molecule has 0 aliphatic carbocycles. The van der Waals surface area contributed by atoms with Gasteiger partial charge in [0, 0.05) is 0 Å². The van der Waals surface area contributed by atoms with Crippen molar-refractivity contribution in [3.05, 3.63) is 0 Å². The van der Waals surface area contributed by atoms with Gasteiger partial charge >= 0.3 is 0 Å². The third-order valence-corrected chi connectivity index (χ3v) is 1.61. The van der Waals surface area contributed by atoms with E-state index in [-0.39, 0.29) is 12.2 Å². The number of ether oxygens (including phenoxy) is 1. The molecule has 4 N–H and O–H groups in total. The molecule has 0 saturated carbocycles. The zero-order chi connectivity index (χ0) is 8.69. The summed E-state index contributed by atoms with van der Waals surface area (Å²) in [5.74, 6) is 0. The predicted molar refractivity (Wildman–Crippen MR) is 47.4 cm³/mol. The first kappa shape index (κ1) is 10.9. The van der Waals surface area contributed by atoms with E-state index in [0.717, 1.165) is 12.8 Å². The zero-order valence-electron chi connectivity index (χ0n) is 7.55. The van der Waals surface area contributed by atoms with E-state index in [1.807, 2.05) is 13.8 Å². The molecule has 2 atom stereocenters. The van der Waals surface area contributed by atoms with Gasteiger partial charge in [0.05, 0.1) is 12.2 Å². The summed E-state index contributed by atoms with van der Waals surface area (Å²) in [5.41, 5.74) is 10.7. The SMILES string of the molecule is CC(CCN)OC(C)CCN. The van der Waals surface area contributed by atoms with E-state index in [9.17, 15) is 0 Å². The summed E-state index contributed by atoms with van der Waals surface area (Å²) >= 11 is 0. The second-order valence-corrected chi connectivity index (χ2v) is 2.91. The van der Waals surface area contributed by atoms with Crippen molar-refractivity contribution in [2.45, 2.75) is 38.9 Å². The molecule has 0 rings (SSSR count). The summed E-state index contributed by atoms with van der Waals surface area (Å²) in [6, 6.07) is 0. The lowest BCUT2D eigenvalue weighted by Gasteiger charge is -2.17. The molecular formula is C8H20N2O. The van der Waals surface area contributed by atoms with Crippen LogP contribution >= 0.6 is 0 Å². The van der Waals surface area contributed by atoms with Crippen molar-refractivity contribution in [1.82, 2.24) is 0 Å². The second kappa shape index (κ2) is 6.58. The number of hydrogen-bond donors (Lipinski definition) is 2. The van der Waals surface area contributed by atoms with Crippen LogP contribution in [0.1, 0.15) is 26.7 Å². The van der Waals surface area contributed by atoms with Crippen LogP contribution in [0.15, 0.2) is 0 Å². The molecule has 0 amide bonds. The highest BCUT2D eigenvalue weighted by Crippen LogP contribution is 2.03. The fraction of sp³-hybridized carbons (Fsp3) is 1.00. The van der Waals surface area contributed by atoms with Crippen LogP contribution in [0.3, 0.4) is 0 Å². The Bertz CT molecular complexity index is 78.2. The van der Waals surface area contributed by atoms with E-state index in [0.29, 0.717) is 13.1 Å². The largest absolute Gasteiger partial charge is 0.375 e. The maximum Gasteiger partial charge on any atom is 0.0562 e. The number of hydrogen-bond acceptors (Lipinski definition) is 3. The first-order valence-corrected chi connectivity index (χ1v) is 4.26. The third kappa shape index (κ3) is 6.28. The molecule has 3 heteroatoms. The van der Waals surface area contributed by atoms with Crippen molar-refractivity contribution < 1.29 is 4.74 Å². The number of nitrogens with two attached hydrogens (primary N) is 2. The van der Waals surface area contributed by atoms with Crippen LogP contribution in [0.2, 0.25) is 0 Å². The summed E-state index contributed by atoms with van der Waals surface area (Å²) in [7, 11) is 0. The normalized spacial score (nSPS) is 16.4. The second-order valence-electron chi connectivity index (χ2n) is 2.91. The summed E-state index contributed by atoms with van der Waals surface area (Å²) in [5, 5.41) is 0. The maximum absolute atomic E-state index is 5.57. The average Bonchev–Trinajstić information content (AvgIpc) is 1.87. The standard InChI is InChI=1S/C8H20N2O/c1-7(3-5-9)11-8(2)4-6-10/h7-8H,3-6,9-10H2,1-2H3. The van der Waals surface area contributed by atoms with Gasteiger partial charge in [-0.2, -0.15) is 0 Å². The highest BCUT2D eigenvalue weighted by molar-refractivity contribution is 4.56. The lowest BCUT2D eigenvalue weighted by molar-refractivity contribution is 0.00274. The summed E-state index contributed by atoms with van der Waals surface area (Å²) in [6.07, 6.45) is 2.38. The van der Waals surface area contributed by atoms with Gasteiger partial charge < -0.3 is 16.2 Å². The molecule has 3 nitrogen and oxygen atoms in total. The van der Waals surface area contributed by atoms with E-state index >= 15 is 0 Å². The smallest absolute Gasteiger partial charge is 0.0562 e. The Morgan fingerprint density at radius 1 is 1.00 bits per heavy atom. The molecule has 68 valence electrons. The molecule has 0 saturated heterocycles. The Morgan fingerprint density at radius 3 is 1.64 bits per heavy atom. The monoisotopic (exact) mass is 160 g/mol. The van der Waals surface area contributed by atoms with E-state index < -0.39 is 0 Å². The Morgan fingerprint density at radius 2 is 1.36 bits per heavy atom. The first-order chi connectivity index (χ1) is 5.20. The van der Waals surface area contributed by atoms with Crippen LogP contribution in [0, 0.1) is 0 Å². The van der Waals surface area contributed by atoms with Crippen LogP contribution < -0.4 is 11.5 Å². The van der Waals surface area contributed by atoms with Gasteiger partial charge in [0.2, 0.25) is 0 Å². The fourth-order valence-corrected chi connectivity index (χ4v) is 1.00. The fourth-order valence-electron chi connectivity index (χ4n) is 1.00. The first-order valence-electron chi connectivity index (χ1n) is 4.26. The van der Waals surface area contributed by atoms with Crippen molar-refractivity contribution in [3.63, 3.8) is 0 Å². The minimum absolute atomic E-state index is 0.265. The Balaban J connectivity index is 3.32. The van der Waals surface area contributed by atoms with Gasteiger partial charge in [-0.1, -0.05) is 0 Å². The summed E-state index contributed by atoms with van der Waals surface area (Å²) < 4.78 is 5.57. The lowest BCUT2D eigenvalue weighted by atomic mass is 10.2. The highest BCUT2D eigenvalue weighted by atomic mass is 16.5. The summed E-state index contributed by atoms with van der Waals surface area (Å²) in [4.78, 5) is 0. The minimum Gasteiger partial charge on any atom is -0.375 e. The van der Waals surface area contributed by atoms with E-state index in [1.165, 1.54) is 0 Å². The van der Waals surface area contributed by atoms with Gasteiger partial charge in [-0.05, 0) is 39.8 Å². The molecular weight excluding hydrogens is 140 g/mol. The van der Waals surface area contributed by atoms with Gasteiger partial charge in [0.15, 0.2) is 0 Å². The molecule has 0 aliphatic rings. The zero-order valence-corrected chi connectivity index (χ0v) is 7.55. The van der Waals surface area contributed by atoms with Gasteiger partial charge in [-0.15, -0.1) is 0 Å².